The molecule has 0 saturated carbocycles. The van der Waals surface area contributed by atoms with Crippen molar-refractivity contribution in [3.8, 4) is 0 Å². The second kappa shape index (κ2) is 5.05. The Kier molecular flexibility index (Phi) is 3.25. The number of aliphatic hydroxyl groups excluding tert-OH is 1. The van der Waals surface area contributed by atoms with Crippen molar-refractivity contribution >= 4 is 16.8 Å². The van der Waals surface area contributed by atoms with Crippen LogP contribution in [0.5, 0.6) is 0 Å². The number of benzene rings is 1. The summed E-state index contributed by atoms with van der Waals surface area (Å²) in [6.45, 7) is 1.34. The number of hydrogen-bond acceptors (Lipinski definition) is 2. The summed E-state index contributed by atoms with van der Waals surface area (Å²) in [6.07, 6.45) is 3.50. The number of carbonyl (C=O) groups excluding carboxylic acids is 1. The molecule has 1 fully saturated rings. The first kappa shape index (κ1) is 12.2. The van der Waals surface area contributed by atoms with E-state index in [1.54, 1.807) is 0 Å². The number of likely N-dealkylation sites (tertiary alicyclic amines) is 1. The van der Waals surface area contributed by atoms with Crippen LogP contribution in [0.4, 0.5) is 0 Å². The largest absolute Gasteiger partial charge is 0.393 e. The summed E-state index contributed by atoms with van der Waals surface area (Å²) < 4.78 is 0. The Balaban J connectivity index is 1.68. The molecule has 100 valence electrons. The van der Waals surface area contributed by atoms with Gasteiger partial charge in [-0.15, -0.1) is 0 Å². The first-order valence-electron chi connectivity index (χ1n) is 6.74. The van der Waals surface area contributed by atoms with E-state index in [2.05, 4.69) is 4.98 Å². The van der Waals surface area contributed by atoms with Gasteiger partial charge in [-0.25, -0.2) is 0 Å². The molecule has 3 rings (SSSR count). The number of piperidine rings is 1. The number of nitrogens with one attached hydrogen (secondary N) is 1. The number of H-pyrrole nitrogens is 1. The molecule has 1 aromatic carbocycles. The molecule has 2 heterocycles. The Morgan fingerprint density at radius 2 is 2.11 bits per heavy atom. The van der Waals surface area contributed by atoms with Gasteiger partial charge in [0.25, 0.3) is 0 Å². The topological polar surface area (TPSA) is 56.3 Å². The van der Waals surface area contributed by atoms with E-state index in [4.69, 9.17) is 0 Å². The highest BCUT2D eigenvalue weighted by Gasteiger charge is 2.21. The van der Waals surface area contributed by atoms with Crippen molar-refractivity contribution in [1.82, 2.24) is 9.88 Å². The van der Waals surface area contributed by atoms with Gasteiger partial charge in [-0.3, -0.25) is 4.79 Å². The van der Waals surface area contributed by atoms with E-state index in [0.29, 0.717) is 32.4 Å². The monoisotopic (exact) mass is 258 g/mol. The standard InChI is InChI=1S/C15H18N2O2/c18-13-4-7-17(8-5-13)15(19)10-11-1-2-12-3-6-16-14(12)9-11/h1-3,6,9,13,16,18H,4-5,7-8,10H2. The van der Waals surface area contributed by atoms with E-state index in [-0.39, 0.29) is 12.0 Å². The second-order valence-corrected chi connectivity index (χ2v) is 5.19. The number of aliphatic hydroxyl groups is 1. The van der Waals surface area contributed by atoms with E-state index in [1.807, 2.05) is 35.4 Å². The molecule has 1 amide bonds. The Morgan fingerprint density at radius 1 is 1.32 bits per heavy atom. The smallest absolute Gasteiger partial charge is 0.226 e. The van der Waals surface area contributed by atoms with Crippen LogP contribution in [0.2, 0.25) is 0 Å². The highest BCUT2D eigenvalue weighted by Crippen LogP contribution is 2.16. The van der Waals surface area contributed by atoms with Gasteiger partial charge in [0.15, 0.2) is 0 Å². The lowest BCUT2D eigenvalue weighted by Gasteiger charge is -2.29. The summed E-state index contributed by atoms with van der Waals surface area (Å²) in [6, 6.07) is 8.10. The fourth-order valence-corrected chi connectivity index (χ4v) is 2.61. The fourth-order valence-electron chi connectivity index (χ4n) is 2.61. The molecule has 4 heteroatoms. The van der Waals surface area contributed by atoms with Crippen molar-refractivity contribution in [1.29, 1.82) is 0 Å². The van der Waals surface area contributed by atoms with Crippen LogP contribution in [-0.2, 0) is 11.2 Å². The third-order valence-electron chi connectivity index (χ3n) is 3.79. The van der Waals surface area contributed by atoms with Crippen LogP contribution in [0.3, 0.4) is 0 Å². The van der Waals surface area contributed by atoms with E-state index >= 15 is 0 Å². The molecule has 2 aromatic rings. The average Bonchev–Trinajstić information content (AvgIpc) is 2.87. The number of nitrogens with zero attached hydrogens (tertiary/aromatic N) is 1. The van der Waals surface area contributed by atoms with Crippen molar-refractivity contribution in [2.45, 2.75) is 25.4 Å². The lowest BCUT2D eigenvalue weighted by atomic mass is 10.1. The maximum absolute atomic E-state index is 12.2. The van der Waals surface area contributed by atoms with E-state index < -0.39 is 0 Å². The van der Waals surface area contributed by atoms with E-state index in [1.165, 1.54) is 0 Å². The van der Waals surface area contributed by atoms with Gasteiger partial charge >= 0.3 is 0 Å². The minimum absolute atomic E-state index is 0.151. The zero-order valence-corrected chi connectivity index (χ0v) is 10.8. The van der Waals surface area contributed by atoms with Crippen LogP contribution >= 0.6 is 0 Å². The third-order valence-corrected chi connectivity index (χ3v) is 3.79. The summed E-state index contributed by atoms with van der Waals surface area (Å²) in [5.74, 6) is 0.151. The molecule has 2 N–H and O–H groups in total. The Labute approximate surface area is 112 Å². The van der Waals surface area contributed by atoms with Gasteiger partial charge in [0.05, 0.1) is 12.5 Å². The average molecular weight is 258 g/mol. The number of aromatic nitrogens is 1. The molecule has 19 heavy (non-hydrogen) atoms. The molecule has 0 aliphatic carbocycles. The normalized spacial score (nSPS) is 17.0. The lowest BCUT2D eigenvalue weighted by Crippen LogP contribution is -2.40. The molecular weight excluding hydrogens is 240 g/mol. The van der Waals surface area contributed by atoms with Crippen molar-refractivity contribution in [2.24, 2.45) is 0 Å². The summed E-state index contributed by atoms with van der Waals surface area (Å²) in [4.78, 5) is 17.2. The first-order chi connectivity index (χ1) is 9.22. The van der Waals surface area contributed by atoms with Crippen LogP contribution in [-0.4, -0.2) is 40.1 Å². The van der Waals surface area contributed by atoms with Crippen molar-refractivity contribution in [3.63, 3.8) is 0 Å². The van der Waals surface area contributed by atoms with E-state index in [0.717, 1.165) is 16.5 Å². The number of carbonyl (C=O) groups is 1. The van der Waals surface area contributed by atoms with Crippen LogP contribution in [0, 0.1) is 0 Å². The SMILES string of the molecule is O=C(Cc1ccc2cc[nH]c2c1)N1CCC(O)CC1. The zero-order valence-electron chi connectivity index (χ0n) is 10.8. The number of hydrogen-bond donors (Lipinski definition) is 2. The quantitative estimate of drug-likeness (QED) is 0.861. The summed E-state index contributed by atoms with van der Waals surface area (Å²) >= 11 is 0. The molecule has 4 nitrogen and oxygen atoms in total. The third kappa shape index (κ3) is 2.63. The molecule has 0 atom stereocenters. The molecule has 1 aromatic heterocycles. The lowest BCUT2D eigenvalue weighted by molar-refractivity contribution is -0.132. The fraction of sp³-hybridized carbons (Fsp3) is 0.400. The van der Waals surface area contributed by atoms with Gasteiger partial charge < -0.3 is 15.0 Å². The van der Waals surface area contributed by atoms with Gasteiger partial charge in [-0.05, 0) is 35.9 Å². The predicted octanol–water partition coefficient (Wildman–Crippen LogP) is 1.69. The number of amides is 1. The number of aromatic amines is 1. The Morgan fingerprint density at radius 3 is 2.89 bits per heavy atom. The highest BCUT2D eigenvalue weighted by molar-refractivity contribution is 5.83. The highest BCUT2D eigenvalue weighted by atomic mass is 16.3. The van der Waals surface area contributed by atoms with Gasteiger partial charge in [0.1, 0.15) is 0 Å². The van der Waals surface area contributed by atoms with Gasteiger partial charge in [-0.2, -0.15) is 0 Å². The summed E-state index contributed by atoms with van der Waals surface area (Å²) in [7, 11) is 0. The molecule has 0 radical (unpaired) electrons. The predicted molar refractivity (Wildman–Crippen MR) is 73.8 cm³/mol. The van der Waals surface area contributed by atoms with Crippen molar-refractivity contribution < 1.29 is 9.90 Å². The van der Waals surface area contributed by atoms with Gasteiger partial charge in [0.2, 0.25) is 5.91 Å². The summed E-state index contributed by atoms with van der Waals surface area (Å²) in [5, 5.41) is 10.6. The number of rotatable bonds is 2. The van der Waals surface area contributed by atoms with E-state index in [9.17, 15) is 9.90 Å². The molecule has 1 saturated heterocycles. The number of fused-ring (bicyclic) bond motifs is 1. The maximum Gasteiger partial charge on any atom is 0.226 e. The Hall–Kier alpha value is -1.81. The first-order valence-corrected chi connectivity index (χ1v) is 6.74. The molecule has 0 spiro atoms. The minimum atomic E-state index is -0.237. The van der Waals surface area contributed by atoms with Crippen LogP contribution in [0.1, 0.15) is 18.4 Å². The Bertz CT molecular complexity index is 583. The van der Waals surface area contributed by atoms with Crippen LogP contribution in [0.15, 0.2) is 30.5 Å². The van der Waals surface area contributed by atoms with Crippen LogP contribution < -0.4 is 0 Å². The molecule has 0 bridgehead atoms. The van der Waals surface area contributed by atoms with Crippen LogP contribution in [0.25, 0.3) is 10.9 Å². The molecule has 0 unspecified atom stereocenters. The zero-order chi connectivity index (χ0) is 13.2. The van der Waals surface area contributed by atoms with Gasteiger partial charge in [-0.1, -0.05) is 12.1 Å². The van der Waals surface area contributed by atoms with Crippen molar-refractivity contribution in [2.75, 3.05) is 13.1 Å². The molecule has 1 aliphatic heterocycles. The molecule has 1 aliphatic rings. The maximum atomic E-state index is 12.2. The van der Waals surface area contributed by atoms with Crippen molar-refractivity contribution in [3.05, 3.63) is 36.0 Å². The molecular formula is C15H18N2O2. The summed E-state index contributed by atoms with van der Waals surface area (Å²) in [5.41, 5.74) is 2.10. The minimum Gasteiger partial charge on any atom is -0.393 e. The van der Waals surface area contributed by atoms with Gasteiger partial charge in [0, 0.05) is 24.8 Å². The second-order valence-electron chi connectivity index (χ2n) is 5.19.